The third-order valence-corrected chi connectivity index (χ3v) is 4.22. The highest BCUT2D eigenvalue weighted by atomic mass is 19.4. The van der Waals surface area contributed by atoms with Crippen molar-refractivity contribution >= 4 is 11.4 Å². The Bertz CT molecular complexity index is 495. The Hall–Kier alpha value is -1.50. The number of hydrogen-bond acceptors (Lipinski definition) is 4. The van der Waals surface area contributed by atoms with Crippen LogP contribution in [0, 0.1) is 5.92 Å². The number of anilines is 2. The lowest BCUT2D eigenvalue weighted by Crippen LogP contribution is -2.53. The van der Waals surface area contributed by atoms with E-state index >= 15 is 0 Å². The summed E-state index contributed by atoms with van der Waals surface area (Å²) in [6.45, 7) is 3.04. The summed E-state index contributed by atoms with van der Waals surface area (Å²) >= 11 is 0. The molecule has 0 radical (unpaired) electrons. The van der Waals surface area contributed by atoms with Crippen LogP contribution in [0.5, 0.6) is 0 Å². The predicted molar refractivity (Wildman–Crippen MR) is 70.2 cm³/mol. The van der Waals surface area contributed by atoms with Crippen molar-refractivity contribution in [2.75, 3.05) is 30.7 Å². The topological polar surface area (TPSA) is 54.2 Å². The molecule has 4 heterocycles. The molecule has 0 spiro atoms. The van der Waals surface area contributed by atoms with Crippen LogP contribution in [0.25, 0.3) is 0 Å². The molecule has 3 aliphatic rings. The van der Waals surface area contributed by atoms with E-state index in [9.17, 15) is 13.2 Å². The van der Waals surface area contributed by atoms with E-state index in [1.54, 1.807) is 0 Å². The number of nitrogen functional groups attached to an aromatic ring is 1. The second kappa shape index (κ2) is 4.80. The lowest BCUT2D eigenvalue weighted by molar-refractivity contribution is -0.141. The van der Waals surface area contributed by atoms with Crippen LogP contribution in [0.4, 0.5) is 24.5 Å². The number of fused-ring (bicyclic) bond motifs is 3. The minimum atomic E-state index is -4.45. The SMILES string of the molecule is Nc1cnc(C(F)(F)F)cc1NC1CN2CCC1CC2. The molecule has 3 saturated heterocycles. The second-order valence-corrected chi connectivity index (χ2v) is 5.54. The summed E-state index contributed by atoms with van der Waals surface area (Å²) < 4.78 is 38.1. The van der Waals surface area contributed by atoms with Gasteiger partial charge in [0.1, 0.15) is 5.69 Å². The van der Waals surface area contributed by atoms with E-state index in [1.165, 1.54) is 0 Å². The Balaban J connectivity index is 1.80. The van der Waals surface area contributed by atoms with E-state index in [0.29, 0.717) is 11.6 Å². The summed E-state index contributed by atoms with van der Waals surface area (Å²) in [5.74, 6) is 0.516. The number of aromatic nitrogens is 1. The summed E-state index contributed by atoms with van der Waals surface area (Å²) in [6, 6.07) is 1.18. The molecule has 1 aromatic rings. The number of hydrogen-bond donors (Lipinski definition) is 2. The van der Waals surface area contributed by atoms with Crippen LogP contribution < -0.4 is 11.1 Å². The van der Waals surface area contributed by atoms with Gasteiger partial charge in [0, 0.05) is 12.6 Å². The van der Waals surface area contributed by atoms with Gasteiger partial charge in [0.25, 0.3) is 0 Å². The molecule has 4 nitrogen and oxygen atoms in total. The number of nitrogens with two attached hydrogens (primary N) is 1. The molecule has 0 amide bonds. The van der Waals surface area contributed by atoms with Crippen molar-refractivity contribution in [1.29, 1.82) is 0 Å². The molecule has 4 rings (SSSR count). The van der Waals surface area contributed by atoms with E-state index in [-0.39, 0.29) is 11.7 Å². The number of halogens is 3. The Morgan fingerprint density at radius 2 is 2.00 bits per heavy atom. The third-order valence-electron chi connectivity index (χ3n) is 4.22. The predicted octanol–water partition coefficient (Wildman–Crippen LogP) is 2.19. The first-order chi connectivity index (χ1) is 9.43. The fraction of sp³-hybridized carbons (Fsp3) is 0.615. The summed E-state index contributed by atoms with van der Waals surface area (Å²) in [4.78, 5) is 5.68. The van der Waals surface area contributed by atoms with Gasteiger partial charge in [-0.1, -0.05) is 0 Å². The molecule has 0 saturated carbocycles. The van der Waals surface area contributed by atoms with Crippen molar-refractivity contribution in [3.05, 3.63) is 18.0 Å². The Kier molecular flexibility index (Phi) is 3.24. The van der Waals surface area contributed by atoms with Crippen molar-refractivity contribution in [3.63, 3.8) is 0 Å². The molecule has 1 unspecified atom stereocenters. The van der Waals surface area contributed by atoms with Gasteiger partial charge in [-0.25, -0.2) is 4.98 Å². The first kappa shape index (κ1) is 13.5. The van der Waals surface area contributed by atoms with E-state index in [2.05, 4.69) is 15.2 Å². The van der Waals surface area contributed by atoms with Gasteiger partial charge in [-0.3, -0.25) is 0 Å². The molecule has 0 aromatic carbocycles. The molecule has 0 aliphatic carbocycles. The van der Waals surface area contributed by atoms with Gasteiger partial charge in [0.15, 0.2) is 0 Å². The molecule has 3 fully saturated rings. The Morgan fingerprint density at radius 1 is 1.30 bits per heavy atom. The molecule has 2 bridgehead atoms. The normalized spacial score (nSPS) is 29.4. The largest absolute Gasteiger partial charge is 0.433 e. The monoisotopic (exact) mass is 286 g/mol. The Morgan fingerprint density at radius 3 is 2.55 bits per heavy atom. The number of alkyl halides is 3. The first-order valence-corrected chi connectivity index (χ1v) is 6.75. The minimum absolute atomic E-state index is 0.170. The number of nitrogens with zero attached hydrogens (tertiary/aromatic N) is 2. The van der Waals surface area contributed by atoms with Crippen LogP contribution >= 0.6 is 0 Å². The van der Waals surface area contributed by atoms with Gasteiger partial charge >= 0.3 is 6.18 Å². The van der Waals surface area contributed by atoms with Crippen molar-refractivity contribution in [2.45, 2.75) is 25.1 Å². The molecular formula is C13H17F3N4. The molecule has 3 N–H and O–H groups in total. The van der Waals surface area contributed by atoms with Crippen molar-refractivity contribution in [3.8, 4) is 0 Å². The maximum Gasteiger partial charge on any atom is 0.433 e. The number of nitrogens with one attached hydrogen (secondary N) is 1. The lowest BCUT2D eigenvalue weighted by Gasteiger charge is -2.45. The van der Waals surface area contributed by atoms with Gasteiger partial charge in [-0.05, 0) is 37.9 Å². The van der Waals surface area contributed by atoms with E-state index < -0.39 is 11.9 Å². The highest BCUT2D eigenvalue weighted by Gasteiger charge is 2.36. The lowest BCUT2D eigenvalue weighted by atomic mass is 9.84. The molecule has 7 heteroatoms. The summed E-state index contributed by atoms with van der Waals surface area (Å²) in [7, 11) is 0. The van der Waals surface area contributed by atoms with Gasteiger partial charge in [-0.2, -0.15) is 13.2 Å². The average molecular weight is 286 g/mol. The quantitative estimate of drug-likeness (QED) is 0.875. The van der Waals surface area contributed by atoms with Crippen LogP contribution in [0.2, 0.25) is 0 Å². The minimum Gasteiger partial charge on any atom is -0.396 e. The first-order valence-electron chi connectivity index (χ1n) is 6.75. The number of piperidine rings is 3. The van der Waals surface area contributed by atoms with Crippen molar-refractivity contribution in [1.82, 2.24) is 9.88 Å². The van der Waals surface area contributed by atoms with Crippen molar-refractivity contribution < 1.29 is 13.2 Å². The molecule has 1 atom stereocenters. The van der Waals surface area contributed by atoms with Crippen LogP contribution in [-0.2, 0) is 6.18 Å². The van der Waals surface area contributed by atoms with Gasteiger partial charge in [0.2, 0.25) is 0 Å². The molecular weight excluding hydrogens is 269 g/mol. The molecule has 1 aromatic heterocycles. The molecule has 20 heavy (non-hydrogen) atoms. The van der Waals surface area contributed by atoms with Crippen molar-refractivity contribution in [2.24, 2.45) is 5.92 Å². The summed E-state index contributed by atoms with van der Waals surface area (Å²) in [5, 5.41) is 3.19. The summed E-state index contributed by atoms with van der Waals surface area (Å²) in [6.07, 6.45) is -1.19. The zero-order valence-electron chi connectivity index (χ0n) is 11.0. The Labute approximate surface area is 115 Å². The zero-order valence-corrected chi connectivity index (χ0v) is 11.0. The number of rotatable bonds is 2. The van der Waals surface area contributed by atoms with E-state index in [0.717, 1.165) is 44.7 Å². The fourth-order valence-corrected chi connectivity index (χ4v) is 3.07. The maximum absolute atomic E-state index is 12.7. The van der Waals surface area contributed by atoms with Crippen LogP contribution in [0.15, 0.2) is 12.3 Å². The standard InChI is InChI=1S/C13H17F3N4/c14-13(15,16)12-5-10(9(17)6-18-12)19-11-7-20-3-1-8(11)2-4-20/h5-6,8,11H,1-4,7,17H2,(H,18,19). The van der Waals surface area contributed by atoms with E-state index in [1.807, 2.05) is 0 Å². The fourth-order valence-electron chi connectivity index (χ4n) is 3.07. The smallest absolute Gasteiger partial charge is 0.396 e. The number of pyridine rings is 1. The highest BCUT2D eigenvalue weighted by molar-refractivity contribution is 5.66. The van der Waals surface area contributed by atoms with Gasteiger partial charge < -0.3 is 16.0 Å². The average Bonchev–Trinajstić information content (AvgIpc) is 2.41. The van der Waals surface area contributed by atoms with E-state index in [4.69, 9.17) is 5.73 Å². The summed E-state index contributed by atoms with van der Waals surface area (Å²) in [5.41, 5.74) is 5.43. The molecule has 110 valence electrons. The zero-order chi connectivity index (χ0) is 14.3. The maximum atomic E-state index is 12.7. The molecule has 3 aliphatic heterocycles. The highest BCUT2D eigenvalue weighted by Crippen LogP contribution is 2.34. The second-order valence-electron chi connectivity index (χ2n) is 5.54. The van der Waals surface area contributed by atoms with Crippen LogP contribution in [0.3, 0.4) is 0 Å². The van der Waals surface area contributed by atoms with Gasteiger partial charge in [-0.15, -0.1) is 0 Å². The van der Waals surface area contributed by atoms with Gasteiger partial charge in [0.05, 0.1) is 17.6 Å². The third kappa shape index (κ3) is 2.54. The van der Waals surface area contributed by atoms with Crippen LogP contribution in [-0.4, -0.2) is 35.6 Å². The van der Waals surface area contributed by atoms with Crippen LogP contribution in [0.1, 0.15) is 18.5 Å².